The molecule has 7 rings (SSSR count). The second kappa shape index (κ2) is 9.49. The van der Waals surface area contributed by atoms with E-state index in [2.05, 4.69) is 5.32 Å². The molecule has 4 aromatic carbocycles. The average molecular weight is 576 g/mol. The maximum atomic E-state index is 14.7. The molecule has 0 aliphatic carbocycles. The van der Waals surface area contributed by atoms with Gasteiger partial charge in [0.1, 0.15) is 11.5 Å². The van der Waals surface area contributed by atoms with E-state index in [1.54, 1.807) is 42.6 Å². The number of hydrogen-bond donors (Lipinski definition) is 1. The van der Waals surface area contributed by atoms with Gasteiger partial charge in [-0.1, -0.05) is 66.2 Å². The number of rotatable bonds is 5. The quantitative estimate of drug-likeness (QED) is 0.172. The summed E-state index contributed by atoms with van der Waals surface area (Å²) in [7, 11) is 0. The molecule has 206 valence electrons. The van der Waals surface area contributed by atoms with Crippen molar-refractivity contribution in [2.75, 3.05) is 5.32 Å². The van der Waals surface area contributed by atoms with Crippen LogP contribution in [0.3, 0.4) is 0 Å². The third-order valence-electron chi connectivity index (χ3n) is 8.62. The second-order valence-corrected chi connectivity index (χ2v) is 11.0. The summed E-state index contributed by atoms with van der Waals surface area (Å²) in [4.78, 5) is 56.4. The number of nitro groups is 1. The van der Waals surface area contributed by atoms with Crippen LogP contribution in [0.4, 0.5) is 11.4 Å². The molecule has 9 heteroatoms. The predicted molar refractivity (Wildman–Crippen MR) is 157 cm³/mol. The van der Waals surface area contributed by atoms with Crippen molar-refractivity contribution < 1.29 is 19.3 Å². The van der Waals surface area contributed by atoms with Crippen LogP contribution < -0.4 is 5.32 Å². The molecular formula is C33H22ClN3O5. The Labute approximate surface area is 245 Å². The van der Waals surface area contributed by atoms with Gasteiger partial charge >= 0.3 is 0 Å². The fourth-order valence-corrected chi connectivity index (χ4v) is 7.14. The Hall–Kier alpha value is -5.08. The lowest BCUT2D eigenvalue weighted by atomic mass is 9.62. The zero-order valence-electron chi connectivity index (χ0n) is 21.9. The number of amides is 1. The van der Waals surface area contributed by atoms with Crippen molar-refractivity contribution in [3.8, 4) is 0 Å². The standard InChI is InChI=1S/C33H22ClN3O5/c34-25-11-5-3-9-23(25)30(39)28-27(29(38)20-13-15-21(16-14-20)37(41)42)33(24-10-4-6-12-26(24)35-32(33)40)31-22-8-2-1-7-19(22)17-18-36(28)31/h1-18,27-28,31H,(H,35,40). The van der Waals surface area contributed by atoms with Gasteiger partial charge in [-0.25, -0.2) is 0 Å². The summed E-state index contributed by atoms with van der Waals surface area (Å²) in [6, 6.07) is 25.0. The number of carbonyl (C=O) groups is 3. The molecule has 4 atom stereocenters. The maximum Gasteiger partial charge on any atom is 0.269 e. The molecule has 4 unspecified atom stereocenters. The minimum Gasteiger partial charge on any atom is -0.358 e. The summed E-state index contributed by atoms with van der Waals surface area (Å²) in [5, 5.41) is 14.6. The lowest BCUT2D eigenvalue weighted by molar-refractivity contribution is -0.384. The summed E-state index contributed by atoms with van der Waals surface area (Å²) in [5.41, 5.74) is 1.60. The van der Waals surface area contributed by atoms with Gasteiger partial charge < -0.3 is 10.2 Å². The lowest BCUT2D eigenvalue weighted by Crippen LogP contribution is -2.49. The first kappa shape index (κ1) is 25.9. The third-order valence-corrected chi connectivity index (χ3v) is 8.95. The number of nitrogens with one attached hydrogen (secondary N) is 1. The molecule has 0 saturated carbocycles. The first-order chi connectivity index (χ1) is 20.3. The summed E-state index contributed by atoms with van der Waals surface area (Å²) >= 11 is 6.52. The van der Waals surface area contributed by atoms with Crippen molar-refractivity contribution in [3.63, 3.8) is 0 Å². The van der Waals surface area contributed by atoms with E-state index in [1.807, 2.05) is 47.4 Å². The number of non-ortho nitro benzene ring substituents is 1. The highest BCUT2D eigenvalue weighted by molar-refractivity contribution is 6.34. The number of nitrogens with zero attached hydrogens (tertiary/aromatic N) is 2. The Bertz CT molecular complexity index is 1850. The Balaban J connectivity index is 1.53. The van der Waals surface area contributed by atoms with Crippen LogP contribution in [0.25, 0.3) is 6.08 Å². The number of halogens is 1. The zero-order chi connectivity index (χ0) is 29.2. The summed E-state index contributed by atoms with van der Waals surface area (Å²) in [6.07, 6.45) is 3.66. The van der Waals surface area contributed by atoms with Crippen LogP contribution in [-0.2, 0) is 10.2 Å². The third kappa shape index (κ3) is 3.51. The Morgan fingerprint density at radius 1 is 0.881 bits per heavy atom. The van der Waals surface area contributed by atoms with Gasteiger partial charge in [0.15, 0.2) is 11.6 Å². The monoisotopic (exact) mass is 575 g/mol. The highest BCUT2D eigenvalue weighted by atomic mass is 35.5. The topological polar surface area (TPSA) is 110 Å². The van der Waals surface area contributed by atoms with Crippen LogP contribution in [0.1, 0.15) is 43.4 Å². The molecule has 42 heavy (non-hydrogen) atoms. The van der Waals surface area contributed by atoms with Crippen LogP contribution in [0.15, 0.2) is 103 Å². The molecule has 1 fully saturated rings. The average Bonchev–Trinajstić information content (AvgIpc) is 3.49. The number of carbonyl (C=O) groups excluding carboxylic acids is 3. The van der Waals surface area contributed by atoms with Crippen molar-refractivity contribution >= 4 is 46.5 Å². The van der Waals surface area contributed by atoms with Crippen LogP contribution in [0.5, 0.6) is 0 Å². The predicted octanol–water partition coefficient (Wildman–Crippen LogP) is 6.23. The summed E-state index contributed by atoms with van der Waals surface area (Å²) in [6.45, 7) is 0. The molecule has 3 aliphatic rings. The number of nitro benzene ring substituents is 1. The molecule has 1 saturated heterocycles. The van der Waals surface area contributed by atoms with E-state index in [4.69, 9.17) is 11.6 Å². The Morgan fingerprint density at radius 3 is 2.33 bits per heavy atom. The van der Waals surface area contributed by atoms with Crippen molar-refractivity contribution in [1.29, 1.82) is 0 Å². The molecule has 4 aromatic rings. The number of anilines is 1. The number of ketones is 2. The molecule has 3 heterocycles. The van der Waals surface area contributed by atoms with Gasteiger partial charge in [0, 0.05) is 35.1 Å². The van der Waals surface area contributed by atoms with Crippen molar-refractivity contribution in [2.45, 2.75) is 17.5 Å². The van der Waals surface area contributed by atoms with E-state index in [0.29, 0.717) is 11.3 Å². The highest BCUT2D eigenvalue weighted by Crippen LogP contribution is 2.62. The number of hydrogen-bond acceptors (Lipinski definition) is 6. The molecular weight excluding hydrogens is 554 g/mol. The van der Waals surface area contributed by atoms with Crippen molar-refractivity contribution in [1.82, 2.24) is 4.90 Å². The molecule has 3 aliphatic heterocycles. The minimum absolute atomic E-state index is 0.163. The lowest BCUT2D eigenvalue weighted by Gasteiger charge is -2.38. The van der Waals surface area contributed by atoms with E-state index in [1.165, 1.54) is 24.3 Å². The van der Waals surface area contributed by atoms with Crippen LogP contribution in [0, 0.1) is 16.0 Å². The fraction of sp³-hybridized carbons (Fsp3) is 0.121. The van der Waals surface area contributed by atoms with Gasteiger partial charge in [0.25, 0.3) is 5.69 Å². The first-order valence-electron chi connectivity index (χ1n) is 13.4. The zero-order valence-corrected chi connectivity index (χ0v) is 22.7. The molecule has 0 radical (unpaired) electrons. The number of Topliss-reactive ketones (excluding diaryl/α,β-unsaturated/α-hetero) is 2. The number of fused-ring (bicyclic) bond motifs is 6. The first-order valence-corrected chi connectivity index (χ1v) is 13.7. The number of benzene rings is 4. The molecule has 1 spiro atoms. The minimum atomic E-state index is -1.50. The van der Waals surface area contributed by atoms with Crippen LogP contribution >= 0.6 is 11.6 Å². The summed E-state index contributed by atoms with van der Waals surface area (Å²) in [5.74, 6) is -2.46. The van der Waals surface area contributed by atoms with Gasteiger partial charge in [0.2, 0.25) is 5.91 Å². The smallest absolute Gasteiger partial charge is 0.269 e. The van der Waals surface area contributed by atoms with Crippen molar-refractivity contribution in [3.05, 3.63) is 146 Å². The van der Waals surface area contributed by atoms with Gasteiger partial charge in [-0.15, -0.1) is 0 Å². The van der Waals surface area contributed by atoms with Gasteiger partial charge in [-0.3, -0.25) is 24.5 Å². The van der Waals surface area contributed by atoms with Gasteiger partial charge in [-0.2, -0.15) is 0 Å². The normalized spacial score (nSPS) is 23.2. The maximum absolute atomic E-state index is 14.7. The largest absolute Gasteiger partial charge is 0.358 e. The Kier molecular flexibility index (Phi) is 5.85. The van der Waals surface area contributed by atoms with E-state index in [9.17, 15) is 24.5 Å². The molecule has 1 amide bonds. The van der Waals surface area contributed by atoms with E-state index < -0.39 is 45.8 Å². The molecule has 1 N–H and O–H groups in total. The number of para-hydroxylation sites is 1. The van der Waals surface area contributed by atoms with E-state index in [0.717, 1.165) is 11.1 Å². The highest BCUT2D eigenvalue weighted by Gasteiger charge is 2.70. The molecule has 0 bridgehead atoms. The summed E-state index contributed by atoms with van der Waals surface area (Å²) < 4.78 is 0. The van der Waals surface area contributed by atoms with Gasteiger partial charge in [0.05, 0.1) is 21.9 Å². The molecule has 0 aromatic heterocycles. The van der Waals surface area contributed by atoms with Gasteiger partial charge in [-0.05, 0) is 53.1 Å². The molecule has 8 nitrogen and oxygen atoms in total. The van der Waals surface area contributed by atoms with E-state index >= 15 is 0 Å². The van der Waals surface area contributed by atoms with Crippen LogP contribution in [0.2, 0.25) is 5.02 Å². The van der Waals surface area contributed by atoms with Crippen molar-refractivity contribution in [2.24, 2.45) is 5.92 Å². The SMILES string of the molecule is O=C(c1ccccc1Cl)C1C(C(=O)c2ccc([N+](=O)[O-])cc2)C2(C(=O)Nc3ccccc32)C2c3ccccc3C=CN12. The van der Waals surface area contributed by atoms with Crippen LogP contribution in [-0.4, -0.2) is 33.3 Å². The van der Waals surface area contributed by atoms with E-state index in [-0.39, 0.29) is 21.8 Å². The Morgan fingerprint density at radius 2 is 1.57 bits per heavy atom. The second-order valence-electron chi connectivity index (χ2n) is 10.6. The fourth-order valence-electron chi connectivity index (χ4n) is 6.92.